The fourth-order valence-electron chi connectivity index (χ4n) is 6.22. The molecule has 11 heteroatoms. The van der Waals surface area contributed by atoms with Crippen LogP contribution in [0.25, 0.3) is 0 Å². The summed E-state index contributed by atoms with van der Waals surface area (Å²) in [6, 6.07) is 3.31. The lowest BCUT2D eigenvalue weighted by Crippen LogP contribution is -2.45. The van der Waals surface area contributed by atoms with Gasteiger partial charge in [0.1, 0.15) is 5.76 Å². The second kappa shape index (κ2) is 14.4. The molecule has 2 aliphatic rings. The van der Waals surface area contributed by atoms with E-state index in [1.54, 1.807) is 13.3 Å². The van der Waals surface area contributed by atoms with Crippen molar-refractivity contribution in [3.05, 3.63) is 35.5 Å². The van der Waals surface area contributed by atoms with Crippen LogP contribution in [0.15, 0.2) is 22.7 Å². The number of rotatable bonds is 16. The molecule has 1 N–H and O–H groups in total. The van der Waals surface area contributed by atoms with E-state index in [2.05, 4.69) is 38.0 Å². The first-order valence-electron chi connectivity index (χ1n) is 15.4. The van der Waals surface area contributed by atoms with Gasteiger partial charge in [-0.2, -0.15) is 0 Å². The zero-order valence-corrected chi connectivity index (χ0v) is 26.6. The van der Waals surface area contributed by atoms with Crippen molar-refractivity contribution in [1.82, 2.24) is 14.8 Å². The molecule has 0 radical (unpaired) electrons. The molecule has 3 heterocycles. The van der Waals surface area contributed by atoms with Gasteiger partial charge in [-0.1, -0.05) is 13.3 Å². The van der Waals surface area contributed by atoms with E-state index in [1.165, 1.54) is 0 Å². The number of hydrogen-bond acceptors (Lipinski definition) is 8. The number of oxazole rings is 1. The first kappa shape index (κ1) is 32.6. The number of carbonyl (C=O) groups excluding carboxylic acids is 1. The van der Waals surface area contributed by atoms with Crippen molar-refractivity contribution < 1.29 is 37.8 Å². The summed E-state index contributed by atoms with van der Waals surface area (Å²) in [7, 11) is 8.09. The Morgan fingerprint density at radius 1 is 1.16 bits per heavy atom. The number of benzene rings is 1. The van der Waals surface area contributed by atoms with Crippen molar-refractivity contribution in [1.29, 1.82) is 0 Å². The van der Waals surface area contributed by atoms with Gasteiger partial charge in [0.05, 0.1) is 53.5 Å². The number of aliphatic carboxylic acids is 1. The van der Waals surface area contributed by atoms with E-state index in [0.717, 1.165) is 42.3 Å². The molecule has 0 spiro atoms. The van der Waals surface area contributed by atoms with E-state index < -0.39 is 11.9 Å². The zero-order valence-electron chi connectivity index (χ0n) is 26.6. The Morgan fingerprint density at radius 2 is 1.93 bits per heavy atom. The molecule has 1 aromatic heterocycles. The normalized spacial score (nSPS) is 20.0. The summed E-state index contributed by atoms with van der Waals surface area (Å²) in [4.78, 5) is 35.1. The fraction of sp³-hybridized carbons (Fsp3) is 0.656. The monoisotopic (exact) mass is 601 g/mol. The van der Waals surface area contributed by atoms with Crippen molar-refractivity contribution in [2.75, 3.05) is 67.8 Å². The first-order chi connectivity index (χ1) is 20.5. The minimum Gasteiger partial charge on any atom is -0.493 e. The number of ether oxygens (including phenoxy) is 3. The van der Waals surface area contributed by atoms with Crippen LogP contribution in [0.2, 0.25) is 0 Å². The maximum absolute atomic E-state index is 13.8. The lowest BCUT2D eigenvalue weighted by atomic mass is 9.83. The van der Waals surface area contributed by atoms with Crippen molar-refractivity contribution >= 4 is 11.9 Å². The number of fused-ring (bicyclic) bond motifs is 1. The van der Waals surface area contributed by atoms with Gasteiger partial charge < -0.3 is 33.1 Å². The zero-order chi connectivity index (χ0) is 31.1. The molecule has 4 rings (SSSR count). The SMILES string of the molecule is CCCCN(CCCC[N+](C)(C)C)C(=O)CN1CC(c2cc(OC)c3c(c2)OCO3)C(C(=O)O)C1CCc1ncc(C)o1. The van der Waals surface area contributed by atoms with E-state index in [1.807, 2.05) is 24.0 Å². The smallest absolute Gasteiger partial charge is 0.308 e. The van der Waals surface area contributed by atoms with Crippen molar-refractivity contribution in [3.63, 3.8) is 0 Å². The molecule has 1 saturated heterocycles. The molecule has 3 atom stereocenters. The first-order valence-corrected chi connectivity index (χ1v) is 15.4. The summed E-state index contributed by atoms with van der Waals surface area (Å²) in [6.07, 6.45) is 6.57. The third-order valence-corrected chi connectivity index (χ3v) is 8.44. The van der Waals surface area contributed by atoms with Crippen LogP contribution in [0.4, 0.5) is 0 Å². The van der Waals surface area contributed by atoms with Gasteiger partial charge in [-0.3, -0.25) is 14.5 Å². The van der Waals surface area contributed by atoms with Crippen molar-refractivity contribution in [2.24, 2.45) is 5.92 Å². The summed E-state index contributed by atoms with van der Waals surface area (Å²) < 4.78 is 23.4. The standard InChI is InChI=1S/C32H48N4O7/c1-7-8-13-34(14-9-10-15-36(3,4)5)29(37)20-35-19-24(23-16-26(40-6)31-27(17-23)41-21-42-31)30(32(38)39)25(35)11-12-28-33-18-22(2)43-28/h16-18,24-25,30H,7-15,19-21H2,1-6H3/p+1. The van der Waals surface area contributed by atoms with Gasteiger partial charge in [0.25, 0.3) is 0 Å². The van der Waals surface area contributed by atoms with Gasteiger partial charge in [0, 0.05) is 38.0 Å². The number of hydrogen-bond donors (Lipinski definition) is 1. The predicted octanol–water partition coefficient (Wildman–Crippen LogP) is 3.94. The van der Waals surface area contributed by atoms with E-state index >= 15 is 0 Å². The molecule has 238 valence electrons. The summed E-state index contributed by atoms with van der Waals surface area (Å²) in [5, 5.41) is 10.6. The van der Waals surface area contributed by atoms with Crippen LogP contribution in [-0.4, -0.2) is 110 Å². The third-order valence-electron chi connectivity index (χ3n) is 8.44. The Bertz CT molecular complexity index is 1240. The molecular formula is C32H49N4O7+. The van der Waals surface area contributed by atoms with Crippen LogP contribution in [0.1, 0.15) is 62.2 Å². The summed E-state index contributed by atoms with van der Waals surface area (Å²) in [5.41, 5.74) is 0.795. The molecule has 2 aliphatic heterocycles. The minimum atomic E-state index is -0.895. The van der Waals surface area contributed by atoms with Crippen LogP contribution >= 0.6 is 0 Å². The van der Waals surface area contributed by atoms with Gasteiger partial charge >= 0.3 is 5.97 Å². The van der Waals surface area contributed by atoms with Gasteiger partial charge in [0.2, 0.25) is 18.4 Å². The lowest BCUT2D eigenvalue weighted by Gasteiger charge is -2.30. The average molecular weight is 602 g/mol. The number of carboxylic acid groups (broad SMARTS) is 1. The lowest BCUT2D eigenvalue weighted by molar-refractivity contribution is -0.870. The Balaban J connectivity index is 1.58. The number of nitrogens with zero attached hydrogens (tertiary/aromatic N) is 4. The number of aryl methyl sites for hydroxylation is 2. The molecule has 0 bridgehead atoms. The maximum Gasteiger partial charge on any atom is 0.308 e. The van der Waals surface area contributed by atoms with Crippen LogP contribution in [0.5, 0.6) is 17.2 Å². The van der Waals surface area contributed by atoms with Gasteiger partial charge in [-0.05, 0) is 50.3 Å². The van der Waals surface area contributed by atoms with Crippen molar-refractivity contribution in [2.45, 2.75) is 64.3 Å². The van der Waals surface area contributed by atoms with Crippen LogP contribution in [-0.2, 0) is 16.0 Å². The topological polar surface area (TPSA) is 115 Å². The molecule has 11 nitrogen and oxygen atoms in total. The fourth-order valence-corrected chi connectivity index (χ4v) is 6.22. The van der Waals surface area contributed by atoms with Crippen LogP contribution < -0.4 is 14.2 Å². The Hall–Kier alpha value is -3.31. The molecule has 43 heavy (non-hydrogen) atoms. The maximum atomic E-state index is 13.8. The number of quaternary nitrogens is 1. The Labute approximate surface area is 255 Å². The second-order valence-corrected chi connectivity index (χ2v) is 12.8. The highest BCUT2D eigenvalue weighted by Gasteiger charge is 2.47. The quantitative estimate of drug-likeness (QED) is 0.226. The molecular weight excluding hydrogens is 552 g/mol. The van der Waals surface area contributed by atoms with Gasteiger partial charge in [-0.15, -0.1) is 0 Å². The average Bonchev–Trinajstić information content (AvgIpc) is 3.68. The highest BCUT2D eigenvalue weighted by molar-refractivity contribution is 5.79. The summed E-state index contributed by atoms with van der Waals surface area (Å²) in [5.74, 6) is 0.886. The second-order valence-electron chi connectivity index (χ2n) is 12.8. The summed E-state index contributed by atoms with van der Waals surface area (Å²) >= 11 is 0. The molecule has 1 fully saturated rings. The van der Waals surface area contributed by atoms with Gasteiger partial charge in [0.15, 0.2) is 17.4 Å². The molecule has 1 aromatic carbocycles. The highest BCUT2D eigenvalue weighted by atomic mass is 16.7. The number of unbranched alkanes of at least 4 members (excludes halogenated alkanes) is 2. The summed E-state index contributed by atoms with van der Waals surface area (Å²) in [6.45, 7) is 7.10. The van der Waals surface area contributed by atoms with Crippen molar-refractivity contribution in [3.8, 4) is 17.2 Å². The molecule has 0 saturated carbocycles. The Morgan fingerprint density at radius 3 is 2.58 bits per heavy atom. The predicted molar refractivity (Wildman–Crippen MR) is 162 cm³/mol. The van der Waals surface area contributed by atoms with E-state index in [-0.39, 0.29) is 31.2 Å². The number of likely N-dealkylation sites (tertiary alicyclic amines) is 1. The number of methoxy groups -OCH3 is 1. The number of aromatic nitrogens is 1. The highest BCUT2D eigenvalue weighted by Crippen LogP contribution is 2.47. The van der Waals surface area contributed by atoms with Crippen LogP contribution in [0.3, 0.4) is 0 Å². The number of amides is 1. The third kappa shape index (κ3) is 8.41. The largest absolute Gasteiger partial charge is 0.493 e. The van der Waals surface area contributed by atoms with Gasteiger partial charge in [-0.25, -0.2) is 4.98 Å². The van der Waals surface area contributed by atoms with E-state index in [9.17, 15) is 14.7 Å². The van der Waals surface area contributed by atoms with E-state index in [4.69, 9.17) is 18.6 Å². The van der Waals surface area contributed by atoms with Crippen LogP contribution in [0, 0.1) is 12.8 Å². The molecule has 1 amide bonds. The number of carbonyl (C=O) groups is 2. The Kier molecular flexibility index (Phi) is 10.9. The number of carboxylic acids is 1. The molecule has 2 aromatic rings. The molecule has 0 aliphatic carbocycles. The molecule has 3 unspecified atom stereocenters. The minimum absolute atomic E-state index is 0.0451. The van der Waals surface area contributed by atoms with E-state index in [0.29, 0.717) is 61.4 Å².